The number of hydrogen-bond donors (Lipinski definition) is 0. The van der Waals surface area contributed by atoms with Gasteiger partial charge in [-0.3, -0.25) is 4.79 Å². The van der Waals surface area contributed by atoms with Crippen LogP contribution in [0.5, 0.6) is 0 Å². The Bertz CT molecular complexity index is 284. The van der Waals surface area contributed by atoms with Crippen LogP contribution in [0.2, 0.25) is 0 Å². The first-order valence-corrected chi connectivity index (χ1v) is 7.34. The van der Waals surface area contributed by atoms with Gasteiger partial charge in [-0.05, 0) is 50.4 Å². The van der Waals surface area contributed by atoms with Gasteiger partial charge in [0.2, 0.25) is 0 Å². The van der Waals surface area contributed by atoms with Gasteiger partial charge in [-0.25, -0.2) is 0 Å². The third-order valence-corrected chi connectivity index (χ3v) is 5.18. The van der Waals surface area contributed by atoms with Crippen LogP contribution in [-0.2, 0) is 9.53 Å². The summed E-state index contributed by atoms with van der Waals surface area (Å²) < 4.78 is 6.24. The Hall–Kier alpha value is -0.370. The highest BCUT2D eigenvalue weighted by Crippen LogP contribution is 2.44. The molecule has 0 N–H and O–H groups in total. The summed E-state index contributed by atoms with van der Waals surface area (Å²) in [5.41, 5.74) is 0. The Balaban J connectivity index is 1.77. The van der Waals surface area contributed by atoms with Crippen LogP contribution in [-0.4, -0.2) is 18.0 Å². The van der Waals surface area contributed by atoms with Crippen molar-refractivity contribution in [1.29, 1.82) is 0 Å². The maximum Gasteiger partial charge on any atom is 0.144 e. The van der Waals surface area contributed by atoms with Gasteiger partial charge < -0.3 is 4.74 Å². The zero-order chi connectivity index (χ0) is 12.0. The molecule has 0 radical (unpaired) electrons. The molecule has 0 amide bonds. The average molecular weight is 236 g/mol. The molecule has 1 aliphatic heterocycles. The van der Waals surface area contributed by atoms with Gasteiger partial charge in [-0.1, -0.05) is 13.8 Å². The summed E-state index contributed by atoms with van der Waals surface area (Å²) in [5, 5.41) is 0. The van der Waals surface area contributed by atoms with Gasteiger partial charge in [-0.15, -0.1) is 0 Å². The van der Waals surface area contributed by atoms with E-state index in [0.29, 0.717) is 17.6 Å². The maximum atomic E-state index is 12.6. The molecule has 2 nitrogen and oxygen atoms in total. The van der Waals surface area contributed by atoms with Crippen molar-refractivity contribution in [1.82, 2.24) is 0 Å². The number of hydrogen-bond acceptors (Lipinski definition) is 2. The fourth-order valence-corrected chi connectivity index (χ4v) is 4.13. The van der Waals surface area contributed by atoms with Crippen LogP contribution >= 0.6 is 0 Å². The quantitative estimate of drug-likeness (QED) is 0.645. The van der Waals surface area contributed by atoms with Crippen molar-refractivity contribution in [2.45, 2.75) is 64.6 Å². The zero-order valence-electron chi connectivity index (χ0n) is 11.0. The van der Waals surface area contributed by atoms with E-state index < -0.39 is 0 Å². The number of carbonyl (C=O) groups is 1. The summed E-state index contributed by atoms with van der Waals surface area (Å²) in [4.78, 5) is 12.6. The Morgan fingerprint density at radius 2 is 1.35 bits per heavy atom. The molecule has 0 aromatic rings. The normalized spacial score (nSPS) is 50.6. The molecule has 3 fully saturated rings. The number of rotatable bonds is 0. The SMILES string of the molecule is CC1CCC2OC3CCC(C)CC3C(=O)C2C1. The Morgan fingerprint density at radius 3 is 1.82 bits per heavy atom. The second-order valence-corrected chi connectivity index (χ2v) is 6.66. The van der Waals surface area contributed by atoms with Gasteiger partial charge >= 0.3 is 0 Å². The lowest BCUT2D eigenvalue weighted by molar-refractivity contribution is -0.172. The van der Waals surface area contributed by atoms with E-state index in [-0.39, 0.29) is 24.0 Å². The van der Waals surface area contributed by atoms with Gasteiger partial charge in [0.25, 0.3) is 0 Å². The Kier molecular flexibility index (Phi) is 3.02. The first kappa shape index (κ1) is 11.7. The minimum absolute atomic E-state index is 0.227. The Labute approximate surface area is 104 Å². The number of ketones is 1. The van der Waals surface area contributed by atoms with Crippen molar-refractivity contribution in [2.75, 3.05) is 0 Å². The molecule has 0 aromatic heterocycles. The molecule has 2 heteroatoms. The third kappa shape index (κ3) is 2.05. The van der Waals surface area contributed by atoms with E-state index in [0.717, 1.165) is 25.7 Å². The van der Waals surface area contributed by atoms with E-state index in [1.54, 1.807) is 0 Å². The topological polar surface area (TPSA) is 26.3 Å². The van der Waals surface area contributed by atoms with Gasteiger partial charge in [0.15, 0.2) is 0 Å². The average Bonchev–Trinajstić information content (AvgIpc) is 2.32. The van der Waals surface area contributed by atoms with Gasteiger partial charge in [0, 0.05) is 11.8 Å². The molecule has 6 atom stereocenters. The third-order valence-electron chi connectivity index (χ3n) is 5.18. The van der Waals surface area contributed by atoms with E-state index in [4.69, 9.17) is 4.74 Å². The van der Waals surface area contributed by atoms with Crippen molar-refractivity contribution < 1.29 is 9.53 Å². The lowest BCUT2D eigenvalue weighted by atomic mass is 9.67. The number of Topliss-reactive ketones (excluding diaryl/α,β-unsaturated/α-hetero) is 1. The number of ether oxygens (including phenoxy) is 1. The van der Waals surface area contributed by atoms with Crippen molar-refractivity contribution in [2.24, 2.45) is 23.7 Å². The second kappa shape index (κ2) is 4.38. The van der Waals surface area contributed by atoms with E-state index in [1.165, 1.54) is 12.8 Å². The molecular formula is C15H24O2. The molecule has 0 aromatic carbocycles. The van der Waals surface area contributed by atoms with Crippen LogP contribution in [0.3, 0.4) is 0 Å². The summed E-state index contributed by atoms with van der Waals surface area (Å²) >= 11 is 0. The molecule has 0 spiro atoms. The summed E-state index contributed by atoms with van der Waals surface area (Å²) in [5.74, 6) is 2.42. The first-order valence-electron chi connectivity index (χ1n) is 7.34. The second-order valence-electron chi connectivity index (χ2n) is 6.66. The van der Waals surface area contributed by atoms with Crippen molar-refractivity contribution >= 4 is 5.78 Å². The van der Waals surface area contributed by atoms with Crippen LogP contribution in [0.25, 0.3) is 0 Å². The summed E-state index contributed by atoms with van der Waals surface area (Å²) in [6.45, 7) is 4.55. The van der Waals surface area contributed by atoms with Crippen molar-refractivity contribution in [3.05, 3.63) is 0 Å². The van der Waals surface area contributed by atoms with Gasteiger partial charge in [0.1, 0.15) is 5.78 Å². The smallest absolute Gasteiger partial charge is 0.144 e. The van der Waals surface area contributed by atoms with Crippen LogP contribution < -0.4 is 0 Å². The minimum atomic E-state index is 0.227. The first-order chi connectivity index (χ1) is 8.15. The lowest BCUT2D eigenvalue weighted by Gasteiger charge is -2.47. The lowest BCUT2D eigenvalue weighted by Crippen LogP contribution is -2.52. The predicted molar refractivity (Wildman–Crippen MR) is 66.7 cm³/mol. The van der Waals surface area contributed by atoms with Crippen LogP contribution in [0, 0.1) is 23.7 Å². The van der Waals surface area contributed by atoms with E-state index in [2.05, 4.69) is 13.8 Å². The largest absolute Gasteiger partial charge is 0.373 e. The van der Waals surface area contributed by atoms with E-state index in [1.807, 2.05) is 0 Å². The van der Waals surface area contributed by atoms with Crippen LogP contribution in [0.1, 0.15) is 52.4 Å². The molecule has 2 aliphatic carbocycles. The molecule has 1 saturated heterocycles. The molecule has 1 heterocycles. The molecule has 17 heavy (non-hydrogen) atoms. The Morgan fingerprint density at radius 1 is 0.882 bits per heavy atom. The summed E-state index contributed by atoms with van der Waals surface area (Å²) in [6.07, 6.45) is 7.35. The molecule has 2 saturated carbocycles. The zero-order valence-corrected chi connectivity index (χ0v) is 11.0. The predicted octanol–water partition coefficient (Wildman–Crippen LogP) is 3.20. The highest BCUT2D eigenvalue weighted by Gasteiger charge is 2.47. The van der Waals surface area contributed by atoms with Crippen LogP contribution in [0.15, 0.2) is 0 Å². The fraction of sp³-hybridized carbons (Fsp3) is 0.933. The molecule has 3 rings (SSSR count). The highest BCUT2D eigenvalue weighted by atomic mass is 16.5. The van der Waals surface area contributed by atoms with Crippen LogP contribution in [0.4, 0.5) is 0 Å². The van der Waals surface area contributed by atoms with E-state index in [9.17, 15) is 4.79 Å². The minimum Gasteiger partial charge on any atom is -0.373 e. The number of carbonyl (C=O) groups excluding carboxylic acids is 1. The molecule has 96 valence electrons. The molecule has 6 unspecified atom stereocenters. The maximum absolute atomic E-state index is 12.6. The highest BCUT2D eigenvalue weighted by molar-refractivity contribution is 5.85. The van der Waals surface area contributed by atoms with Crippen molar-refractivity contribution in [3.8, 4) is 0 Å². The monoisotopic (exact) mass is 236 g/mol. The molecule has 3 aliphatic rings. The standard InChI is InChI=1S/C15H24O2/c1-9-3-5-13-11(7-9)15(16)12-8-10(2)4-6-14(12)17-13/h9-14H,3-8H2,1-2H3. The van der Waals surface area contributed by atoms with Gasteiger partial charge in [0.05, 0.1) is 12.2 Å². The van der Waals surface area contributed by atoms with Gasteiger partial charge in [-0.2, -0.15) is 0 Å². The summed E-state index contributed by atoms with van der Waals surface area (Å²) in [7, 11) is 0. The fourth-order valence-electron chi connectivity index (χ4n) is 4.13. The molecular weight excluding hydrogens is 212 g/mol. The molecule has 0 bridgehead atoms. The van der Waals surface area contributed by atoms with Crippen molar-refractivity contribution in [3.63, 3.8) is 0 Å². The van der Waals surface area contributed by atoms with E-state index >= 15 is 0 Å². The summed E-state index contributed by atoms with van der Waals surface area (Å²) in [6, 6.07) is 0. The number of fused-ring (bicyclic) bond motifs is 2.